The van der Waals surface area contributed by atoms with E-state index in [0.29, 0.717) is 19.4 Å². The van der Waals surface area contributed by atoms with Gasteiger partial charge in [0.25, 0.3) is 10.1 Å². The normalized spacial score (nSPS) is 20.2. The molecule has 0 radical (unpaired) electrons. The summed E-state index contributed by atoms with van der Waals surface area (Å²) in [6.07, 6.45) is 12.6. The highest BCUT2D eigenvalue weighted by Crippen LogP contribution is 2.51. The van der Waals surface area contributed by atoms with Gasteiger partial charge in [-0.1, -0.05) is 112 Å². The molecule has 5 nitrogen and oxygen atoms in total. The van der Waals surface area contributed by atoms with Crippen LogP contribution < -0.4 is 4.90 Å². The van der Waals surface area contributed by atoms with Crippen molar-refractivity contribution in [1.29, 1.82) is 0 Å². The first-order chi connectivity index (χ1) is 23.4. The number of hydrogen-bond acceptors (Lipinski definition) is 4. The highest BCUT2D eigenvalue weighted by molar-refractivity contribution is 7.85. The average molecular weight is 691 g/mol. The molecule has 4 aromatic carbocycles. The fourth-order valence-corrected chi connectivity index (χ4v) is 8.93. The SMILES string of the molecule is CC1(C)C(C=CC2=C(Cl)C(=CC=C3N(CCCCS(=O)(=O)O)c4ccc5ccccc5c4C3(C)C)CCC2)=Nc2ccc3ccccc3c21. The lowest BCUT2D eigenvalue weighted by Gasteiger charge is -2.27. The Labute approximate surface area is 295 Å². The van der Waals surface area contributed by atoms with Gasteiger partial charge in [0.15, 0.2) is 0 Å². The van der Waals surface area contributed by atoms with Crippen LogP contribution in [0.5, 0.6) is 0 Å². The maximum atomic E-state index is 11.4. The molecule has 0 spiro atoms. The molecule has 0 fully saturated rings. The van der Waals surface area contributed by atoms with E-state index in [1.54, 1.807) is 0 Å². The number of unbranched alkanes of at least 4 members (excludes halogenated alkanes) is 1. The Morgan fingerprint density at radius 3 is 2.20 bits per heavy atom. The monoisotopic (exact) mass is 690 g/mol. The predicted molar refractivity (Wildman–Crippen MR) is 206 cm³/mol. The smallest absolute Gasteiger partial charge is 0.264 e. The van der Waals surface area contributed by atoms with Crippen LogP contribution in [0.25, 0.3) is 21.5 Å². The average Bonchev–Trinajstić information content (AvgIpc) is 3.46. The molecule has 1 N–H and O–H groups in total. The molecule has 0 atom stereocenters. The van der Waals surface area contributed by atoms with E-state index in [-0.39, 0.29) is 16.6 Å². The quantitative estimate of drug-likeness (QED) is 0.148. The van der Waals surface area contributed by atoms with Crippen molar-refractivity contribution in [3.8, 4) is 0 Å². The number of hydrogen-bond donors (Lipinski definition) is 1. The van der Waals surface area contributed by atoms with Crippen LogP contribution in [0.4, 0.5) is 11.4 Å². The van der Waals surface area contributed by atoms with Crippen LogP contribution in [0.15, 0.2) is 124 Å². The third-order valence-corrected chi connectivity index (χ3v) is 11.8. The van der Waals surface area contributed by atoms with Gasteiger partial charge in [0.05, 0.1) is 17.2 Å². The van der Waals surface area contributed by atoms with Gasteiger partial charge in [-0.3, -0.25) is 9.55 Å². The standard InChI is InChI=1S/C42H43ClN2O3S/c1-41(2)36(44-34-22-18-28-12-5-7-16-32(28)38(34)41)24-20-30-14-11-15-31(40(30)43)21-25-37-42(3,4)39-33-17-8-6-13-29(33)19-23-35(39)45(37)26-9-10-27-49(46,47)48/h5-8,12-13,16-25H,9-11,14-15,26-27H2,1-4H3,(H,46,47,48). The summed E-state index contributed by atoms with van der Waals surface area (Å²) in [6, 6.07) is 25.6. The summed E-state index contributed by atoms with van der Waals surface area (Å²) in [5, 5.41) is 5.70. The van der Waals surface area contributed by atoms with Crippen LogP contribution in [0, 0.1) is 0 Å². The number of rotatable bonds is 8. The van der Waals surface area contributed by atoms with Crippen LogP contribution in [0.3, 0.4) is 0 Å². The van der Waals surface area contributed by atoms with Crippen molar-refractivity contribution in [2.75, 3.05) is 17.2 Å². The number of fused-ring (bicyclic) bond motifs is 6. The first-order valence-corrected chi connectivity index (χ1v) is 19.2. The number of benzene rings is 4. The molecule has 3 aliphatic rings. The van der Waals surface area contributed by atoms with Gasteiger partial charge in [0.2, 0.25) is 0 Å². The second-order valence-corrected chi connectivity index (χ2v) is 16.5. The highest BCUT2D eigenvalue weighted by atomic mass is 35.5. The zero-order valence-corrected chi connectivity index (χ0v) is 30.2. The summed E-state index contributed by atoms with van der Waals surface area (Å²) in [5.74, 6) is -0.235. The Balaban J connectivity index is 1.21. The van der Waals surface area contributed by atoms with Crippen molar-refractivity contribution in [3.05, 3.63) is 130 Å². The summed E-state index contributed by atoms with van der Waals surface area (Å²) in [6.45, 7) is 9.67. The fourth-order valence-electron chi connectivity index (χ4n) is 8.05. The van der Waals surface area contributed by atoms with E-state index in [0.717, 1.165) is 58.2 Å². The van der Waals surface area contributed by atoms with Gasteiger partial charge in [-0.25, -0.2) is 0 Å². The molecule has 2 aliphatic heterocycles. The zero-order chi connectivity index (χ0) is 34.6. The maximum absolute atomic E-state index is 11.4. The molecule has 4 aromatic rings. The second-order valence-electron chi connectivity index (χ2n) is 14.5. The molecule has 0 bridgehead atoms. The van der Waals surface area contributed by atoms with E-state index in [9.17, 15) is 13.0 Å². The van der Waals surface area contributed by atoms with Crippen molar-refractivity contribution in [2.24, 2.45) is 4.99 Å². The summed E-state index contributed by atoms with van der Waals surface area (Å²) < 4.78 is 32.2. The van der Waals surface area contributed by atoms with E-state index in [2.05, 4.69) is 130 Å². The van der Waals surface area contributed by atoms with Gasteiger partial charge in [0, 0.05) is 33.8 Å². The molecule has 7 heteroatoms. The topological polar surface area (TPSA) is 70.0 Å². The molecule has 0 amide bonds. The van der Waals surface area contributed by atoms with Crippen LogP contribution in [0.2, 0.25) is 0 Å². The van der Waals surface area contributed by atoms with Gasteiger partial charge in [-0.2, -0.15) is 8.42 Å². The van der Waals surface area contributed by atoms with E-state index < -0.39 is 10.1 Å². The molecule has 252 valence electrons. The maximum Gasteiger partial charge on any atom is 0.264 e. The molecule has 1 aliphatic carbocycles. The minimum Gasteiger partial charge on any atom is -0.344 e. The van der Waals surface area contributed by atoms with Crippen molar-refractivity contribution < 1.29 is 13.0 Å². The van der Waals surface area contributed by atoms with Crippen LogP contribution >= 0.6 is 11.6 Å². The third-order valence-electron chi connectivity index (χ3n) is 10.5. The molecule has 0 saturated carbocycles. The van der Waals surface area contributed by atoms with Crippen LogP contribution in [-0.4, -0.2) is 31.0 Å². The zero-order valence-electron chi connectivity index (χ0n) is 28.6. The minimum absolute atomic E-state index is 0.227. The molecule has 0 unspecified atom stereocenters. The molecule has 2 heterocycles. The Morgan fingerprint density at radius 1 is 0.816 bits per heavy atom. The van der Waals surface area contributed by atoms with Crippen molar-refractivity contribution >= 4 is 60.4 Å². The fraction of sp³-hybridized carbons (Fsp3) is 0.310. The van der Waals surface area contributed by atoms with E-state index >= 15 is 0 Å². The van der Waals surface area contributed by atoms with Crippen molar-refractivity contribution in [1.82, 2.24) is 0 Å². The first kappa shape index (κ1) is 33.5. The van der Waals surface area contributed by atoms with E-state index in [1.165, 1.54) is 32.7 Å². The summed E-state index contributed by atoms with van der Waals surface area (Å²) in [4.78, 5) is 7.39. The lowest BCUT2D eigenvalue weighted by Crippen LogP contribution is -2.27. The lowest BCUT2D eigenvalue weighted by molar-refractivity contribution is 0.480. The number of anilines is 1. The van der Waals surface area contributed by atoms with Crippen molar-refractivity contribution in [2.45, 2.75) is 70.6 Å². The molecular formula is C42H43ClN2O3S. The van der Waals surface area contributed by atoms with Gasteiger partial charge in [0.1, 0.15) is 0 Å². The Morgan fingerprint density at radius 2 is 1.49 bits per heavy atom. The van der Waals surface area contributed by atoms with Gasteiger partial charge in [-0.15, -0.1) is 0 Å². The molecular weight excluding hydrogens is 648 g/mol. The predicted octanol–water partition coefficient (Wildman–Crippen LogP) is 10.9. The lowest BCUT2D eigenvalue weighted by atomic mass is 9.79. The number of halogens is 1. The summed E-state index contributed by atoms with van der Waals surface area (Å²) >= 11 is 7.17. The Hall–Kier alpha value is -3.97. The Bertz CT molecular complexity index is 2260. The first-order valence-electron chi connectivity index (χ1n) is 17.2. The summed E-state index contributed by atoms with van der Waals surface area (Å²) in [7, 11) is -4.00. The van der Waals surface area contributed by atoms with E-state index in [4.69, 9.17) is 16.6 Å². The highest BCUT2D eigenvalue weighted by Gasteiger charge is 2.41. The van der Waals surface area contributed by atoms with Crippen molar-refractivity contribution in [3.63, 3.8) is 0 Å². The number of aliphatic imine (C=N–C) groups is 1. The summed E-state index contributed by atoms with van der Waals surface area (Å²) in [5.41, 5.74) is 8.63. The van der Waals surface area contributed by atoms with Crippen LogP contribution in [-0.2, 0) is 20.9 Å². The van der Waals surface area contributed by atoms with E-state index in [1.807, 2.05) is 0 Å². The molecule has 7 rings (SSSR count). The van der Waals surface area contributed by atoms with Crippen LogP contribution in [0.1, 0.15) is 70.9 Å². The number of nitrogens with zero attached hydrogens (tertiary/aromatic N) is 2. The third kappa shape index (κ3) is 6.20. The molecule has 0 saturated heterocycles. The van der Waals surface area contributed by atoms with Gasteiger partial charge in [-0.05, 0) is 100 Å². The largest absolute Gasteiger partial charge is 0.344 e. The molecule has 49 heavy (non-hydrogen) atoms. The second kappa shape index (κ2) is 12.7. The minimum atomic E-state index is -4.00. The molecule has 0 aromatic heterocycles. The van der Waals surface area contributed by atoms with Gasteiger partial charge < -0.3 is 4.90 Å². The van der Waals surface area contributed by atoms with Gasteiger partial charge >= 0.3 is 0 Å². The number of allylic oxidation sites excluding steroid dienone is 8. The Kier molecular flexibility index (Phi) is 8.71.